The maximum atomic E-state index is 13.8. The summed E-state index contributed by atoms with van der Waals surface area (Å²) in [5, 5.41) is 8.12. The van der Waals surface area contributed by atoms with Crippen LogP contribution >= 0.6 is 11.8 Å². The maximum Gasteiger partial charge on any atom is 0.272 e. The quantitative estimate of drug-likeness (QED) is 0.0931. The lowest BCUT2D eigenvalue weighted by molar-refractivity contribution is -0.116. The first-order valence-corrected chi connectivity index (χ1v) is 16.0. The van der Waals surface area contributed by atoms with E-state index in [0.717, 1.165) is 16.0 Å². The minimum absolute atomic E-state index is 0.00639. The van der Waals surface area contributed by atoms with E-state index in [1.807, 2.05) is 67.6 Å². The highest BCUT2D eigenvalue weighted by Crippen LogP contribution is 2.37. The smallest absolute Gasteiger partial charge is 0.272 e. The number of thioether (sulfide) groups is 1. The first-order chi connectivity index (χ1) is 23.3. The van der Waals surface area contributed by atoms with Crippen LogP contribution in [0.4, 0.5) is 11.4 Å². The Hall–Kier alpha value is -5.80. The fourth-order valence-electron chi connectivity index (χ4n) is 4.85. The number of aryl methyl sites for hydroxylation is 1. The summed E-state index contributed by atoms with van der Waals surface area (Å²) in [5.74, 6) is -0.292. The Kier molecular flexibility index (Phi) is 11.3. The molecule has 5 aromatic rings. The summed E-state index contributed by atoms with van der Waals surface area (Å²) in [4.78, 5) is 41.3. The van der Waals surface area contributed by atoms with Gasteiger partial charge >= 0.3 is 0 Å². The van der Waals surface area contributed by atoms with E-state index in [9.17, 15) is 14.4 Å². The Labute approximate surface area is 284 Å². The van der Waals surface area contributed by atoms with Gasteiger partial charge in [0.1, 0.15) is 10.9 Å². The van der Waals surface area contributed by atoms with Crippen LogP contribution in [-0.2, 0) is 9.59 Å². The van der Waals surface area contributed by atoms with Crippen LogP contribution in [0.15, 0.2) is 138 Å². The van der Waals surface area contributed by atoms with Crippen molar-refractivity contribution in [1.29, 1.82) is 0 Å². The molecule has 9 heteroatoms. The molecule has 3 N–H and O–H groups in total. The largest absolute Gasteiger partial charge is 0.493 e. The van der Waals surface area contributed by atoms with Crippen LogP contribution in [0.25, 0.3) is 6.08 Å². The molecule has 5 rings (SSSR count). The van der Waals surface area contributed by atoms with Crippen LogP contribution in [0.3, 0.4) is 0 Å². The summed E-state index contributed by atoms with van der Waals surface area (Å²) in [6.45, 7) is 1.99. The molecule has 8 nitrogen and oxygen atoms in total. The molecular formula is C39H35N3O5S. The highest BCUT2D eigenvalue weighted by Gasteiger charge is 2.23. The summed E-state index contributed by atoms with van der Waals surface area (Å²) < 4.78 is 11.0. The zero-order valence-electron chi connectivity index (χ0n) is 26.7. The second kappa shape index (κ2) is 16.2. The zero-order valence-corrected chi connectivity index (χ0v) is 27.5. The van der Waals surface area contributed by atoms with E-state index in [1.54, 1.807) is 66.7 Å². The Morgan fingerprint density at radius 2 is 1.40 bits per heavy atom. The van der Waals surface area contributed by atoms with Gasteiger partial charge in [0.15, 0.2) is 11.5 Å². The Morgan fingerprint density at radius 3 is 2.08 bits per heavy atom. The molecule has 0 aliphatic heterocycles. The summed E-state index contributed by atoms with van der Waals surface area (Å²) in [7, 11) is 3.03. The third-order valence-corrected chi connectivity index (χ3v) is 8.52. The molecule has 0 aromatic heterocycles. The minimum atomic E-state index is -0.570. The van der Waals surface area contributed by atoms with Crippen LogP contribution in [0.5, 0.6) is 11.5 Å². The molecule has 1 atom stereocenters. The Balaban J connectivity index is 1.41. The molecule has 0 bridgehead atoms. The highest BCUT2D eigenvalue weighted by molar-refractivity contribution is 8.00. The van der Waals surface area contributed by atoms with Gasteiger partial charge in [0.25, 0.3) is 11.8 Å². The van der Waals surface area contributed by atoms with Gasteiger partial charge in [-0.05, 0) is 67.1 Å². The minimum Gasteiger partial charge on any atom is -0.493 e. The molecule has 1 unspecified atom stereocenters. The van der Waals surface area contributed by atoms with E-state index in [0.29, 0.717) is 34.0 Å². The number of hydrogen-bond acceptors (Lipinski definition) is 6. The lowest BCUT2D eigenvalue weighted by Crippen LogP contribution is -2.30. The number of amides is 3. The number of methoxy groups -OCH3 is 2. The summed E-state index contributed by atoms with van der Waals surface area (Å²) in [6.07, 6.45) is 1.54. The van der Waals surface area contributed by atoms with Crippen molar-refractivity contribution in [3.63, 3.8) is 0 Å². The molecule has 0 aliphatic rings. The van der Waals surface area contributed by atoms with Crippen molar-refractivity contribution in [2.24, 2.45) is 0 Å². The predicted octanol–water partition coefficient (Wildman–Crippen LogP) is 7.89. The van der Waals surface area contributed by atoms with Crippen LogP contribution < -0.4 is 25.4 Å². The number of nitrogens with one attached hydrogen (secondary N) is 3. The molecule has 3 amide bonds. The van der Waals surface area contributed by atoms with E-state index in [-0.39, 0.29) is 11.6 Å². The predicted molar refractivity (Wildman–Crippen MR) is 191 cm³/mol. The summed E-state index contributed by atoms with van der Waals surface area (Å²) in [6, 6.07) is 38.3. The Bertz CT molecular complexity index is 1910. The van der Waals surface area contributed by atoms with E-state index >= 15 is 0 Å². The molecule has 0 saturated heterocycles. The van der Waals surface area contributed by atoms with E-state index < -0.39 is 17.1 Å². The number of ether oxygens (including phenoxy) is 2. The summed E-state index contributed by atoms with van der Waals surface area (Å²) >= 11 is 1.36. The second-order valence-corrected chi connectivity index (χ2v) is 11.9. The molecule has 0 spiro atoms. The molecule has 48 heavy (non-hydrogen) atoms. The van der Waals surface area contributed by atoms with Crippen molar-refractivity contribution in [3.8, 4) is 11.5 Å². The van der Waals surface area contributed by atoms with Gasteiger partial charge in [0.05, 0.1) is 14.2 Å². The fraction of sp³-hybridized carbons (Fsp3) is 0.103. The van der Waals surface area contributed by atoms with Crippen LogP contribution in [-0.4, -0.2) is 31.9 Å². The average Bonchev–Trinajstić information content (AvgIpc) is 3.12. The molecule has 0 saturated carbocycles. The molecule has 0 fully saturated rings. The van der Waals surface area contributed by atoms with Crippen molar-refractivity contribution in [2.45, 2.75) is 17.1 Å². The van der Waals surface area contributed by atoms with Gasteiger partial charge in [-0.25, -0.2) is 0 Å². The topological polar surface area (TPSA) is 106 Å². The second-order valence-electron chi connectivity index (χ2n) is 10.7. The van der Waals surface area contributed by atoms with Gasteiger partial charge in [-0.3, -0.25) is 14.4 Å². The number of para-hydroxylation sites is 1. The van der Waals surface area contributed by atoms with Crippen molar-refractivity contribution in [3.05, 3.63) is 155 Å². The van der Waals surface area contributed by atoms with Gasteiger partial charge in [-0.15, -0.1) is 11.8 Å². The zero-order chi connectivity index (χ0) is 33.9. The van der Waals surface area contributed by atoms with Gasteiger partial charge in [-0.1, -0.05) is 84.4 Å². The molecule has 0 aliphatic carbocycles. The van der Waals surface area contributed by atoms with Gasteiger partial charge in [-0.2, -0.15) is 0 Å². The number of carbonyl (C=O) groups excluding carboxylic acids is 3. The van der Waals surface area contributed by atoms with Gasteiger partial charge in [0, 0.05) is 27.4 Å². The van der Waals surface area contributed by atoms with Crippen molar-refractivity contribution in [2.75, 3.05) is 24.9 Å². The fourth-order valence-corrected chi connectivity index (χ4v) is 5.93. The highest BCUT2D eigenvalue weighted by atomic mass is 32.2. The van der Waals surface area contributed by atoms with Crippen molar-refractivity contribution >= 4 is 46.9 Å². The number of rotatable bonds is 12. The number of carbonyl (C=O) groups is 3. The third kappa shape index (κ3) is 8.71. The SMILES string of the molecule is COc1cccc(/C=C(/NC(=O)c2ccccc2)C(=O)Nc2cccc(SC(C(=O)Nc3ccc(C)cc3)c3ccccc3)c2)c1OC. The molecule has 0 radical (unpaired) electrons. The molecular weight excluding hydrogens is 623 g/mol. The maximum absolute atomic E-state index is 13.8. The van der Waals surface area contributed by atoms with Crippen molar-refractivity contribution < 1.29 is 23.9 Å². The van der Waals surface area contributed by atoms with Gasteiger partial charge < -0.3 is 25.4 Å². The third-order valence-electron chi connectivity index (χ3n) is 7.27. The summed E-state index contributed by atoms with van der Waals surface area (Å²) in [5.41, 5.74) is 4.04. The molecule has 242 valence electrons. The number of hydrogen-bond donors (Lipinski definition) is 3. The van der Waals surface area contributed by atoms with E-state index in [4.69, 9.17) is 9.47 Å². The van der Waals surface area contributed by atoms with Gasteiger partial charge in [0.2, 0.25) is 5.91 Å². The average molecular weight is 658 g/mol. The molecule has 5 aromatic carbocycles. The normalized spacial score (nSPS) is 11.6. The van der Waals surface area contributed by atoms with E-state index in [2.05, 4.69) is 16.0 Å². The monoisotopic (exact) mass is 657 g/mol. The van der Waals surface area contributed by atoms with Crippen LogP contribution in [0.2, 0.25) is 0 Å². The van der Waals surface area contributed by atoms with Crippen LogP contribution in [0, 0.1) is 6.92 Å². The Morgan fingerprint density at radius 1 is 0.708 bits per heavy atom. The lowest BCUT2D eigenvalue weighted by atomic mass is 10.1. The lowest BCUT2D eigenvalue weighted by Gasteiger charge is -2.18. The standard InChI is InChI=1S/C39H35N3O5S/c1-26-20-22-30(23-21-26)40-39(45)36(27-12-6-4-7-13-27)48-32-18-11-17-31(25-32)41-38(44)33(42-37(43)28-14-8-5-9-15-28)24-29-16-10-19-34(46-2)35(29)47-3/h4-25,36H,1-3H3,(H,40,45)(H,41,44)(H,42,43)/b33-24+. The molecule has 0 heterocycles. The van der Waals surface area contributed by atoms with Crippen molar-refractivity contribution in [1.82, 2.24) is 5.32 Å². The van der Waals surface area contributed by atoms with E-state index in [1.165, 1.54) is 32.1 Å². The van der Waals surface area contributed by atoms with Crippen LogP contribution in [0.1, 0.15) is 32.3 Å². The first-order valence-electron chi connectivity index (χ1n) is 15.1. The first kappa shape index (κ1) is 33.6. The number of anilines is 2. The number of benzene rings is 5.